The SMILES string of the molecule is COc1ccccc1CCNCc1c(C(=O)N2CCCN(C)CC2)nc2sccn12. The molecule has 3 heterocycles. The first-order valence-corrected chi connectivity index (χ1v) is 11.3. The number of nitrogens with zero attached hydrogens (tertiary/aromatic N) is 4. The van der Waals surface area contributed by atoms with Gasteiger partial charge in [0, 0.05) is 37.8 Å². The summed E-state index contributed by atoms with van der Waals surface area (Å²) in [5, 5.41) is 5.51. The minimum atomic E-state index is 0.0442. The Hall–Kier alpha value is -2.42. The van der Waals surface area contributed by atoms with Crippen LogP contribution in [-0.4, -0.2) is 72.0 Å². The van der Waals surface area contributed by atoms with E-state index in [-0.39, 0.29) is 5.91 Å². The molecule has 7 nitrogen and oxygen atoms in total. The lowest BCUT2D eigenvalue weighted by Crippen LogP contribution is -2.35. The Labute approximate surface area is 181 Å². The maximum Gasteiger partial charge on any atom is 0.274 e. The highest BCUT2D eigenvalue weighted by Crippen LogP contribution is 2.20. The highest BCUT2D eigenvalue weighted by Gasteiger charge is 2.25. The smallest absolute Gasteiger partial charge is 0.274 e. The maximum atomic E-state index is 13.3. The Morgan fingerprint density at radius 2 is 2.10 bits per heavy atom. The van der Waals surface area contributed by atoms with E-state index < -0.39 is 0 Å². The van der Waals surface area contributed by atoms with Crippen molar-refractivity contribution in [2.45, 2.75) is 19.4 Å². The summed E-state index contributed by atoms with van der Waals surface area (Å²) in [4.78, 5) is 23.1. The van der Waals surface area contributed by atoms with Crippen molar-refractivity contribution in [3.8, 4) is 5.75 Å². The van der Waals surface area contributed by atoms with Gasteiger partial charge in [-0.2, -0.15) is 0 Å². The molecule has 0 radical (unpaired) electrons. The molecule has 0 unspecified atom stereocenters. The van der Waals surface area contributed by atoms with Crippen LogP contribution in [0.2, 0.25) is 0 Å². The number of methoxy groups -OCH3 is 1. The van der Waals surface area contributed by atoms with Gasteiger partial charge >= 0.3 is 0 Å². The number of ether oxygens (including phenoxy) is 1. The molecule has 0 bridgehead atoms. The molecule has 3 aromatic rings. The molecule has 8 heteroatoms. The summed E-state index contributed by atoms with van der Waals surface area (Å²) >= 11 is 1.56. The highest BCUT2D eigenvalue weighted by molar-refractivity contribution is 7.15. The summed E-state index contributed by atoms with van der Waals surface area (Å²) in [6, 6.07) is 8.07. The highest BCUT2D eigenvalue weighted by atomic mass is 32.1. The van der Waals surface area contributed by atoms with Crippen molar-refractivity contribution in [1.29, 1.82) is 0 Å². The van der Waals surface area contributed by atoms with E-state index in [1.807, 2.05) is 39.1 Å². The van der Waals surface area contributed by atoms with Crippen molar-refractivity contribution >= 4 is 22.2 Å². The molecule has 1 N–H and O–H groups in total. The quantitative estimate of drug-likeness (QED) is 0.587. The van der Waals surface area contributed by atoms with Crippen molar-refractivity contribution in [3.05, 3.63) is 52.8 Å². The number of benzene rings is 1. The third kappa shape index (κ3) is 4.50. The Kier molecular flexibility index (Phi) is 6.66. The number of hydrogen-bond donors (Lipinski definition) is 1. The lowest BCUT2D eigenvalue weighted by molar-refractivity contribution is 0.0756. The Balaban J connectivity index is 1.45. The molecule has 1 fully saturated rings. The van der Waals surface area contributed by atoms with Crippen molar-refractivity contribution in [3.63, 3.8) is 0 Å². The summed E-state index contributed by atoms with van der Waals surface area (Å²) < 4.78 is 7.48. The largest absolute Gasteiger partial charge is 0.496 e. The number of fused-ring (bicyclic) bond motifs is 1. The fourth-order valence-corrected chi connectivity index (χ4v) is 4.64. The summed E-state index contributed by atoms with van der Waals surface area (Å²) in [6.07, 6.45) is 3.85. The average Bonchev–Trinajstić information content (AvgIpc) is 3.28. The molecule has 160 valence electrons. The number of carbonyl (C=O) groups excluding carboxylic acids is 1. The van der Waals surface area contributed by atoms with Crippen LogP contribution in [0.1, 0.15) is 28.2 Å². The van der Waals surface area contributed by atoms with Gasteiger partial charge in [-0.25, -0.2) is 4.98 Å². The maximum absolute atomic E-state index is 13.3. The molecular formula is C22H29N5O2S. The summed E-state index contributed by atoms with van der Waals surface area (Å²) in [5.74, 6) is 0.952. The van der Waals surface area contributed by atoms with Crippen LogP contribution >= 0.6 is 11.3 Å². The fourth-order valence-electron chi connectivity index (χ4n) is 3.91. The zero-order chi connectivity index (χ0) is 20.9. The zero-order valence-electron chi connectivity index (χ0n) is 17.6. The third-order valence-corrected chi connectivity index (χ3v) is 6.38. The first kappa shape index (κ1) is 20.8. The van der Waals surface area contributed by atoms with E-state index in [9.17, 15) is 4.79 Å². The predicted molar refractivity (Wildman–Crippen MR) is 119 cm³/mol. The average molecular weight is 428 g/mol. The predicted octanol–water partition coefficient (Wildman–Crippen LogP) is 2.51. The number of carbonyl (C=O) groups is 1. The molecule has 0 spiro atoms. The van der Waals surface area contributed by atoms with Crippen LogP contribution in [0.25, 0.3) is 4.96 Å². The van der Waals surface area contributed by atoms with Crippen LogP contribution in [0.5, 0.6) is 5.75 Å². The lowest BCUT2D eigenvalue weighted by atomic mass is 10.1. The van der Waals surface area contributed by atoms with E-state index in [0.717, 1.165) is 62.0 Å². The molecule has 1 saturated heterocycles. The molecule has 4 rings (SSSR count). The van der Waals surface area contributed by atoms with Gasteiger partial charge in [0.25, 0.3) is 5.91 Å². The van der Waals surface area contributed by atoms with Crippen LogP contribution in [-0.2, 0) is 13.0 Å². The Bertz CT molecular complexity index is 998. The standard InChI is InChI=1S/C22H29N5O2S/c1-25-10-5-11-26(13-12-25)21(28)20-18(27-14-15-30-22(27)24-20)16-23-9-8-17-6-3-4-7-19(17)29-2/h3-4,6-7,14-15,23H,5,8-13,16H2,1-2H3. The molecule has 0 aliphatic carbocycles. The number of amides is 1. The fraction of sp³-hybridized carbons (Fsp3) is 0.455. The van der Waals surface area contributed by atoms with Crippen LogP contribution in [0.3, 0.4) is 0 Å². The second kappa shape index (κ2) is 9.59. The van der Waals surface area contributed by atoms with E-state index in [4.69, 9.17) is 4.74 Å². The minimum absolute atomic E-state index is 0.0442. The molecule has 2 aromatic heterocycles. The molecule has 30 heavy (non-hydrogen) atoms. The van der Waals surface area contributed by atoms with Gasteiger partial charge in [0.2, 0.25) is 0 Å². The molecule has 1 aliphatic heterocycles. The zero-order valence-corrected chi connectivity index (χ0v) is 18.5. The Morgan fingerprint density at radius 1 is 1.23 bits per heavy atom. The van der Waals surface area contributed by atoms with E-state index in [0.29, 0.717) is 12.2 Å². The second-order valence-corrected chi connectivity index (χ2v) is 8.52. The van der Waals surface area contributed by atoms with Gasteiger partial charge in [0.1, 0.15) is 5.75 Å². The van der Waals surface area contributed by atoms with E-state index in [1.54, 1.807) is 18.4 Å². The normalized spacial score (nSPS) is 15.5. The first-order chi connectivity index (χ1) is 14.7. The van der Waals surface area contributed by atoms with Crippen molar-refractivity contribution < 1.29 is 9.53 Å². The number of likely N-dealkylation sites (N-methyl/N-ethyl adjacent to an activating group) is 1. The van der Waals surface area contributed by atoms with Crippen LogP contribution in [0.4, 0.5) is 0 Å². The summed E-state index contributed by atoms with van der Waals surface area (Å²) in [7, 11) is 3.81. The summed E-state index contributed by atoms with van der Waals surface area (Å²) in [6.45, 7) is 4.86. The minimum Gasteiger partial charge on any atom is -0.496 e. The van der Waals surface area contributed by atoms with Crippen molar-refractivity contribution in [2.24, 2.45) is 0 Å². The molecule has 1 aromatic carbocycles. The number of rotatable bonds is 7. The van der Waals surface area contributed by atoms with Gasteiger partial charge in [0.05, 0.1) is 12.8 Å². The molecule has 1 amide bonds. The van der Waals surface area contributed by atoms with E-state index in [2.05, 4.69) is 28.3 Å². The number of para-hydroxylation sites is 1. The third-order valence-electron chi connectivity index (χ3n) is 5.63. The molecule has 1 aliphatic rings. The monoisotopic (exact) mass is 427 g/mol. The van der Waals surface area contributed by atoms with Gasteiger partial charge in [-0.1, -0.05) is 18.2 Å². The number of aromatic nitrogens is 2. The topological polar surface area (TPSA) is 62.1 Å². The summed E-state index contributed by atoms with van der Waals surface area (Å²) in [5.41, 5.74) is 2.69. The first-order valence-electron chi connectivity index (χ1n) is 10.4. The molecule has 0 saturated carbocycles. The second-order valence-electron chi connectivity index (χ2n) is 7.65. The van der Waals surface area contributed by atoms with E-state index in [1.165, 1.54) is 5.56 Å². The van der Waals surface area contributed by atoms with Crippen LogP contribution < -0.4 is 10.1 Å². The van der Waals surface area contributed by atoms with Gasteiger partial charge in [-0.05, 0) is 44.6 Å². The molecular weight excluding hydrogens is 398 g/mol. The Morgan fingerprint density at radius 3 is 2.97 bits per heavy atom. The van der Waals surface area contributed by atoms with Crippen molar-refractivity contribution in [2.75, 3.05) is 46.9 Å². The number of hydrogen-bond acceptors (Lipinski definition) is 6. The number of thiazole rings is 1. The van der Waals surface area contributed by atoms with Gasteiger partial charge in [-0.3, -0.25) is 9.20 Å². The van der Waals surface area contributed by atoms with Gasteiger partial charge in [0.15, 0.2) is 10.7 Å². The lowest BCUT2D eigenvalue weighted by Gasteiger charge is -2.20. The number of nitrogens with one attached hydrogen (secondary N) is 1. The van der Waals surface area contributed by atoms with Gasteiger partial charge < -0.3 is 19.9 Å². The van der Waals surface area contributed by atoms with Crippen LogP contribution in [0.15, 0.2) is 35.8 Å². The van der Waals surface area contributed by atoms with Gasteiger partial charge in [-0.15, -0.1) is 11.3 Å². The molecule has 0 atom stereocenters. The van der Waals surface area contributed by atoms with E-state index >= 15 is 0 Å². The van der Waals surface area contributed by atoms with Crippen LogP contribution in [0, 0.1) is 0 Å². The van der Waals surface area contributed by atoms with Crippen molar-refractivity contribution in [1.82, 2.24) is 24.5 Å². The number of imidazole rings is 1.